The van der Waals surface area contributed by atoms with Crippen LogP contribution in [0, 0.1) is 13.8 Å². The summed E-state index contributed by atoms with van der Waals surface area (Å²) in [6.07, 6.45) is 3.04. The van der Waals surface area contributed by atoms with Gasteiger partial charge >= 0.3 is 11.9 Å². The summed E-state index contributed by atoms with van der Waals surface area (Å²) >= 11 is 0. The Hall–Kier alpha value is -3.55. The Morgan fingerprint density at radius 2 is 1.74 bits per heavy atom. The monoisotopic (exact) mass is 426 g/mol. The van der Waals surface area contributed by atoms with E-state index in [4.69, 9.17) is 4.74 Å². The third kappa shape index (κ3) is 4.79. The van der Waals surface area contributed by atoms with Crippen molar-refractivity contribution in [3.05, 3.63) is 47.0 Å². The SMILES string of the molecule is COC(=O)C(=O)Nc1cc(C)c(Oc2ccc(O)c(C(=O)N(C)C3CCC3)c2)c(C)c1. The Bertz CT molecular complexity index is 1010. The minimum absolute atomic E-state index is 0.0992. The first-order valence-corrected chi connectivity index (χ1v) is 9.99. The number of phenolic OH excluding ortho intramolecular Hbond substituents is 1. The van der Waals surface area contributed by atoms with Crippen molar-refractivity contribution < 1.29 is 29.0 Å². The molecule has 8 nitrogen and oxygen atoms in total. The van der Waals surface area contributed by atoms with E-state index in [0.29, 0.717) is 28.3 Å². The number of anilines is 1. The van der Waals surface area contributed by atoms with Crippen molar-refractivity contribution in [3.8, 4) is 17.2 Å². The summed E-state index contributed by atoms with van der Waals surface area (Å²) in [6, 6.07) is 8.08. The molecule has 0 spiro atoms. The molecule has 1 saturated carbocycles. The summed E-state index contributed by atoms with van der Waals surface area (Å²) in [6.45, 7) is 3.60. The first kappa shape index (κ1) is 22.1. The van der Waals surface area contributed by atoms with E-state index in [1.54, 1.807) is 44.0 Å². The first-order chi connectivity index (χ1) is 14.7. The van der Waals surface area contributed by atoms with Gasteiger partial charge in [0, 0.05) is 18.8 Å². The molecule has 0 saturated heterocycles. The molecule has 0 bridgehead atoms. The average Bonchev–Trinajstić information content (AvgIpc) is 2.69. The van der Waals surface area contributed by atoms with Crippen LogP contribution in [0.4, 0.5) is 5.69 Å². The number of esters is 1. The molecule has 2 N–H and O–H groups in total. The van der Waals surface area contributed by atoms with Crippen LogP contribution in [0.1, 0.15) is 40.7 Å². The molecular weight excluding hydrogens is 400 g/mol. The van der Waals surface area contributed by atoms with E-state index in [2.05, 4.69) is 10.1 Å². The van der Waals surface area contributed by atoms with Gasteiger partial charge in [-0.05, 0) is 74.6 Å². The van der Waals surface area contributed by atoms with Crippen LogP contribution >= 0.6 is 0 Å². The number of methoxy groups -OCH3 is 1. The highest BCUT2D eigenvalue weighted by Gasteiger charge is 2.28. The molecule has 0 unspecified atom stereocenters. The Kier molecular flexibility index (Phi) is 6.48. The second kappa shape index (κ2) is 9.07. The minimum Gasteiger partial charge on any atom is -0.507 e. The van der Waals surface area contributed by atoms with Crippen LogP contribution in [0.2, 0.25) is 0 Å². The third-order valence-electron chi connectivity index (χ3n) is 5.45. The highest BCUT2D eigenvalue weighted by atomic mass is 16.5. The number of aromatic hydroxyl groups is 1. The van der Waals surface area contributed by atoms with Gasteiger partial charge in [0.2, 0.25) is 0 Å². The third-order valence-corrected chi connectivity index (χ3v) is 5.45. The molecule has 2 aromatic rings. The number of carbonyl (C=O) groups excluding carboxylic acids is 3. The molecule has 0 aromatic heterocycles. The van der Waals surface area contributed by atoms with Crippen LogP contribution in [0.3, 0.4) is 0 Å². The van der Waals surface area contributed by atoms with E-state index in [1.807, 2.05) is 0 Å². The number of hydrogen-bond acceptors (Lipinski definition) is 6. The summed E-state index contributed by atoms with van der Waals surface area (Å²) in [5.41, 5.74) is 2.05. The van der Waals surface area contributed by atoms with Gasteiger partial charge in [-0.25, -0.2) is 4.79 Å². The number of nitrogens with one attached hydrogen (secondary N) is 1. The quantitative estimate of drug-likeness (QED) is 0.560. The molecule has 0 atom stereocenters. The van der Waals surface area contributed by atoms with Crippen LogP contribution in [-0.4, -0.2) is 48.0 Å². The average molecular weight is 426 g/mol. The Balaban J connectivity index is 1.81. The molecule has 0 radical (unpaired) electrons. The van der Waals surface area contributed by atoms with Gasteiger partial charge in [-0.1, -0.05) is 0 Å². The molecule has 1 aliphatic carbocycles. The summed E-state index contributed by atoms with van der Waals surface area (Å²) in [4.78, 5) is 37.5. The molecule has 0 heterocycles. The van der Waals surface area contributed by atoms with Crippen LogP contribution in [0.5, 0.6) is 17.2 Å². The zero-order valence-electron chi connectivity index (χ0n) is 18.0. The molecule has 0 aliphatic heterocycles. The maximum Gasteiger partial charge on any atom is 0.396 e. The Morgan fingerprint density at radius 1 is 1.10 bits per heavy atom. The van der Waals surface area contributed by atoms with Crippen LogP contribution in [-0.2, 0) is 14.3 Å². The highest BCUT2D eigenvalue weighted by Crippen LogP contribution is 2.34. The molecule has 164 valence electrons. The van der Waals surface area contributed by atoms with E-state index in [9.17, 15) is 19.5 Å². The Labute approximate surface area is 180 Å². The maximum atomic E-state index is 12.8. The fraction of sp³-hybridized carbons (Fsp3) is 0.348. The predicted octanol–water partition coefficient (Wildman–Crippen LogP) is 3.54. The van der Waals surface area contributed by atoms with Crippen molar-refractivity contribution in [2.24, 2.45) is 0 Å². The van der Waals surface area contributed by atoms with Crippen molar-refractivity contribution in [2.45, 2.75) is 39.2 Å². The van der Waals surface area contributed by atoms with Crippen LogP contribution in [0.25, 0.3) is 0 Å². The number of aryl methyl sites for hydroxylation is 2. The van der Waals surface area contributed by atoms with Crippen molar-refractivity contribution >= 4 is 23.5 Å². The second-order valence-corrected chi connectivity index (χ2v) is 7.67. The normalized spacial score (nSPS) is 13.2. The van der Waals surface area contributed by atoms with Gasteiger partial charge in [-0.2, -0.15) is 0 Å². The van der Waals surface area contributed by atoms with Crippen molar-refractivity contribution in [1.29, 1.82) is 0 Å². The van der Waals surface area contributed by atoms with Crippen LogP contribution in [0.15, 0.2) is 30.3 Å². The van der Waals surface area contributed by atoms with Crippen molar-refractivity contribution in [2.75, 3.05) is 19.5 Å². The molecule has 8 heteroatoms. The summed E-state index contributed by atoms with van der Waals surface area (Å²) in [5.74, 6) is -1.25. The number of hydrogen-bond donors (Lipinski definition) is 2. The molecule has 1 fully saturated rings. The van der Waals surface area contributed by atoms with Gasteiger partial charge < -0.3 is 24.8 Å². The van der Waals surface area contributed by atoms with Crippen molar-refractivity contribution in [1.82, 2.24) is 4.90 Å². The van der Waals surface area contributed by atoms with E-state index in [0.717, 1.165) is 26.4 Å². The predicted molar refractivity (Wildman–Crippen MR) is 114 cm³/mol. The summed E-state index contributed by atoms with van der Waals surface area (Å²) in [5, 5.41) is 12.7. The number of amides is 2. The van der Waals surface area contributed by atoms with Crippen molar-refractivity contribution in [3.63, 3.8) is 0 Å². The van der Waals surface area contributed by atoms with E-state index in [1.165, 1.54) is 12.1 Å². The maximum absolute atomic E-state index is 12.8. The van der Waals surface area contributed by atoms with Gasteiger partial charge in [-0.3, -0.25) is 9.59 Å². The van der Waals surface area contributed by atoms with Gasteiger partial charge in [0.05, 0.1) is 12.7 Å². The number of phenols is 1. The lowest BCUT2D eigenvalue weighted by Gasteiger charge is -2.34. The molecule has 2 amide bonds. The van der Waals surface area contributed by atoms with Gasteiger partial charge in [0.15, 0.2) is 0 Å². The second-order valence-electron chi connectivity index (χ2n) is 7.67. The smallest absolute Gasteiger partial charge is 0.396 e. The summed E-state index contributed by atoms with van der Waals surface area (Å²) in [7, 11) is 2.88. The lowest BCUT2D eigenvalue weighted by Crippen LogP contribution is -2.41. The number of ether oxygens (including phenoxy) is 2. The topological polar surface area (TPSA) is 105 Å². The molecular formula is C23H26N2O6. The zero-order chi connectivity index (χ0) is 22.7. The molecule has 1 aliphatic rings. The molecule has 31 heavy (non-hydrogen) atoms. The number of nitrogens with zero attached hydrogens (tertiary/aromatic N) is 1. The summed E-state index contributed by atoms with van der Waals surface area (Å²) < 4.78 is 10.4. The number of benzene rings is 2. The van der Waals surface area contributed by atoms with Gasteiger partial charge in [0.1, 0.15) is 17.2 Å². The first-order valence-electron chi connectivity index (χ1n) is 9.99. The van der Waals surface area contributed by atoms with E-state index < -0.39 is 11.9 Å². The van der Waals surface area contributed by atoms with Gasteiger partial charge in [0.25, 0.3) is 5.91 Å². The minimum atomic E-state index is -0.983. The fourth-order valence-corrected chi connectivity index (χ4v) is 3.46. The van der Waals surface area contributed by atoms with E-state index in [-0.39, 0.29) is 23.3 Å². The highest BCUT2D eigenvalue weighted by molar-refractivity contribution is 6.37. The Morgan fingerprint density at radius 3 is 2.29 bits per heavy atom. The lowest BCUT2D eigenvalue weighted by atomic mass is 9.91. The van der Waals surface area contributed by atoms with E-state index >= 15 is 0 Å². The molecule has 3 rings (SSSR count). The lowest BCUT2D eigenvalue weighted by molar-refractivity contribution is -0.150. The van der Waals surface area contributed by atoms with Gasteiger partial charge in [-0.15, -0.1) is 0 Å². The number of carbonyl (C=O) groups is 3. The molecule has 2 aromatic carbocycles. The fourth-order valence-electron chi connectivity index (χ4n) is 3.46. The number of rotatable bonds is 5. The largest absolute Gasteiger partial charge is 0.507 e. The zero-order valence-corrected chi connectivity index (χ0v) is 18.0. The van der Waals surface area contributed by atoms with Crippen LogP contribution < -0.4 is 10.1 Å². The standard InChI is InChI=1S/C23H26N2O6/c1-13-10-15(24-21(27)23(29)30-4)11-14(2)20(13)31-17-8-9-19(26)18(12-17)22(28)25(3)16-6-5-7-16/h8-12,16,26H,5-7H2,1-4H3,(H,24,27).